The van der Waals surface area contributed by atoms with Crippen molar-refractivity contribution in [1.82, 2.24) is 14.5 Å². The minimum atomic E-state index is 0.779. The number of nitrogens with zero attached hydrogens (tertiary/aromatic N) is 2. The Kier molecular flexibility index (Phi) is 3.04. The standard InChI is InChI=1S/C14H17N3S/c1-10-6-7-12-13(15-10)17(14(18)16-12)9-8-11-4-2-3-5-11/h4,6-7H,2-3,5,8-9H2,1H3,(H,16,18). The number of hydrogen-bond acceptors (Lipinski definition) is 2. The largest absolute Gasteiger partial charge is 0.329 e. The molecule has 0 saturated carbocycles. The third-order valence-electron chi connectivity index (χ3n) is 3.55. The van der Waals surface area contributed by atoms with E-state index in [-0.39, 0.29) is 0 Å². The summed E-state index contributed by atoms with van der Waals surface area (Å²) in [6.45, 7) is 2.94. The van der Waals surface area contributed by atoms with Gasteiger partial charge in [0.15, 0.2) is 10.4 Å². The van der Waals surface area contributed by atoms with Crippen molar-refractivity contribution in [3.8, 4) is 0 Å². The number of imidazole rings is 1. The van der Waals surface area contributed by atoms with Crippen LogP contribution in [-0.2, 0) is 6.54 Å². The molecule has 2 aromatic heterocycles. The molecule has 0 aliphatic heterocycles. The van der Waals surface area contributed by atoms with Crippen LogP contribution in [0.1, 0.15) is 31.4 Å². The molecule has 1 aliphatic carbocycles. The number of pyridine rings is 1. The minimum absolute atomic E-state index is 0.779. The second-order valence-electron chi connectivity index (χ2n) is 4.91. The molecule has 0 fully saturated rings. The van der Waals surface area contributed by atoms with Crippen LogP contribution in [0, 0.1) is 11.7 Å². The molecule has 0 unspecified atom stereocenters. The van der Waals surface area contributed by atoms with Crippen molar-refractivity contribution in [1.29, 1.82) is 0 Å². The summed E-state index contributed by atoms with van der Waals surface area (Å²) in [6.07, 6.45) is 7.27. The number of fused-ring (bicyclic) bond motifs is 1. The van der Waals surface area contributed by atoms with Crippen LogP contribution in [0.4, 0.5) is 0 Å². The van der Waals surface area contributed by atoms with E-state index in [0.29, 0.717) is 0 Å². The zero-order chi connectivity index (χ0) is 12.5. The maximum absolute atomic E-state index is 5.38. The predicted octanol–water partition coefficient (Wildman–Crippen LogP) is 3.90. The van der Waals surface area contributed by atoms with Crippen LogP contribution < -0.4 is 0 Å². The van der Waals surface area contributed by atoms with Crippen LogP contribution >= 0.6 is 12.2 Å². The first kappa shape index (κ1) is 11.7. The normalized spacial score (nSPS) is 15.3. The second-order valence-corrected chi connectivity index (χ2v) is 5.30. The van der Waals surface area contributed by atoms with Crippen LogP contribution in [0.15, 0.2) is 23.8 Å². The molecule has 0 radical (unpaired) electrons. The van der Waals surface area contributed by atoms with Gasteiger partial charge in [0.2, 0.25) is 0 Å². The number of nitrogens with one attached hydrogen (secondary N) is 1. The average Bonchev–Trinajstić information content (AvgIpc) is 2.94. The Hall–Kier alpha value is -1.42. The summed E-state index contributed by atoms with van der Waals surface area (Å²) in [6, 6.07) is 4.07. The number of aryl methyl sites for hydroxylation is 2. The summed E-state index contributed by atoms with van der Waals surface area (Å²) in [7, 11) is 0. The first-order chi connectivity index (χ1) is 8.74. The van der Waals surface area contributed by atoms with Crippen LogP contribution in [0.3, 0.4) is 0 Å². The predicted molar refractivity (Wildman–Crippen MR) is 76.2 cm³/mol. The summed E-state index contributed by atoms with van der Waals surface area (Å²) in [5, 5.41) is 0. The van der Waals surface area contributed by atoms with Gasteiger partial charge in [0, 0.05) is 12.2 Å². The van der Waals surface area contributed by atoms with Gasteiger partial charge in [-0.05, 0) is 57.0 Å². The van der Waals surface area contributed by atoms with E-state index in [9.17, 15) is 0 Å². The average molecular weight is 259 g/mol. The molecule has 0 saturated heterocycles. The highest BCUT2D eigenvalue weighted by atomic mass is 32.1. The number of hydrogen-bond donors (Lipinski definition) is 1. The molecule has 0 amide bonds. The highest BCUT2D eigenvalue weighted by Gasteiger charge is 2.08. The van der Waals surface area contributed by atoms with E-state index < -0.39 is 0 Å². The van der Waals surface area contributed by atoms with Gasteiger partial charge in [-0.1, -0.05) is 11.6 Å². The number of aromatic nitrogens is 3. The maximum atomic E-state index is 5.38. The highest BCUT2D eigenvalue weighted by Crippen LogP contribution is 2.22. The van der Waals surface area contributed by atoms with Crippen molar-refractivity contribution in [2.24, 2.45) is 0 Å². The quantitative estimate of drug-likeness (QED) is 0.670. The molecular weight excluding hydrogens is 242 g/mol. The van der Waals surface area contributed by atoms with Gasteiger partial charge in [-0.3, -0.25) is 0 Å². The van der Waals surface area contributed by atoms with Crippen molar-refractivity contribution < 1.29 is 0 Å². The van der Waals surface area contributed by atoms with E-state index in [4.69, 9.17) is 12.2 Å². The maximum Gasteiger partial charge on any atom is 0.179 e. The zero-order valence-corrected chi connectivity index (χ0v) is 11.4. The molecule has 0 atom stereocenters. The summed E-state index contributed by atoms with van der Waals surface area (Å²) in [4.78, 5) is 7.81. The van der Waals surface area contributed by atoms with Gasteiger partial charge in [-0.25, -0.2) is 4.98 Å². The molecular formula is C14H17N3S. The van der Waals surface area contributed by atoms with Gasteiger partial charge in [-0.2, -0.15) is 0 Å². The Morgan fingerprint density at radius 2 is 2.33 bits per heavy atom. The molecule has 0 bridgehead atoms. The molecule has 0 aromatic carbocycles. The molecule has 1 aliphatic rings. The zero-order valence-electron chi connectivity index (χ0n) is 10.6. The monoisotopic (exact) mass is 259 g/mol. The first-order valence-corrected chi connectivity index (χ1v) is 6.89. The van der Waals surface area contributed by atoms with Gasteiger partial charge < -0.3 is 9.55 Å². The van der Waals surface area contributed by atoms with Crippen LogP contribution in [0.2, 0.25) is 0 Å². The molecule has 18 heavy (non-hydrogen) atoms. The lowest BCUT2D eigenvalue weighted by Crippen LogP contribution is -2.00. The van der Waals surface area contributed by atoms with Crippen molar-refractivity contribution in [2.45, 2.75) is 39.2 Å². The lowest BCUT2D eigenvalue weighted by atomic mass is 10.2. The van der Waals surface area contributed by atoms with Gasteiger partial charge in [0.1, 0.15) is 0 Å². The van der Waals surface area contributed by atoms with Crippen molar-refractivity contribution >= 4 is 23.4 Å². The summed E-state index contributed by atoms with van der Waals surface area (Å²) in [5.74, 6) is 0. The van der Waals surface area contributed by atoms with Gasteiger partial charge in [0.25, 0.3) is 0 Å². The van der Waals surface area contributed by atoms with Crippen molar-refractivity contribution in [3.63, 3.8) is 0 Å². The van der Waals surface area contributed by atoms with Crippen LogP contribution in [0.5, 0.6) is 0 Å². The lowest BCUT2D eigenvalue weighted by Gasteiger charge is -2.05. The highest BCUT2D eigenvalue weighted by molar-refractivity contribution is 7.71. The molecule has 3 nitrogen and oxygen atoms in total. The Labute approximate surface area is 112 Å². The first-order valence-electron chi connectivity index (χ1n) is 6.48. The number of rotatable bonds is 3. The van der Waals surface area contributed by atoms with Gasteiger partial charge >= 0.3 is 0 Å². The van der Waals surface area contributed by atoms with Crippen LogP contribution in [0.25, 0.3) is 11.2 Å². The van der Waals surface area contributed by atoms with E-state index in [1.165, 1.54) is 19.3 Å². The van der Waals surface area contributed by atoms with Crippen molar-refractivity contribution in [3.05, 3.63) is 34.2 Å². The van der Waals surface area contributed by atoms with Crippen molar-refractivity contribution in [2.75, 3.05) is 0 Å². The Morgan fingerprint density at radius 3 is 3.11 bits per heavy atom. The minimum Gasteiger partial charge on any atom is -0.329 e. The van der Waals surface area contributed by atoms with E-state index in [1.54, 1.807) is 5.57 Å². The van der Waals surface area contributed by atoms with Crippen LogP contribution in [-0.4, -0.2) is 14.5 Å². The van der Waals surface area contributed by atoms with E-state index in [1.807, 2.05) is 13.0 Å². The molecule has 0 spiro atoms. The van der Waals surface area contributed by atoms with E-state index in [2.05, 4.69) is 26.7 Å². The van der Waals surface area contributed by atoms with Gasteiger partial charge in [0.05, 0.1) is 5.52 Å². The molecule has 94 valence electrons. The number of H-pyrrole nitrogens is 1. The SMILES string of the molecule is Cc1ccc2[nH]c(=S)n(CCC3=CCCC3)c2n1. The Morgan fingerprint density at radius 1 is 1.44 bits per heavy atom. The molecule has 3 rings (SSSR count). The fourth-order valence-corrected chi connectivity index (χ4v) is 2.84. The van der Waals surface area contributed by atoms with Gasteiger partial charge in [-0.15, -0.1) is 0 Å². The molecule has 2 heterocycles. The molecule has 2 aromatic rings. The third kappa shape index (κ3) is 2.12. The van der Waals surface area contributed by atoms with E-state index in [0.717, 1.165) is 34.6 Å². The Balaban J connectivity index is 1.92. The second kappa shape index (κ2) is 4.69. The smallest absolute Gasteiger partial charge is 0.179 e. The lowest BCUT2D eigenvalue weighted by molar-refractivity contribution is 0.682. The fraction of sp³-hybridized carbons (Fsp3) is 0.429. The molecule has 1 N–H and O–H groups in total. The van der Waals surface area contributed by atoms with E-state index >= 15 is 0 Å². The third-order valence-corrected chi connectivity index (χ3v) is 3.87. The number of allylic oxidation sites excluding steroid dienone is 2. The summed E-state index contributed by atoms with van der Waals surface area (Å²) >= 11 is 5.38. The summed E-state index contributed by atoms with van der Waals surface area (Å²) in [5.41, 5.74) is 4.62. The Bertz CT molecular complexity index is 663. The topological polar surface area (TPSA) is 33.6 Å². The summed E-state index contributed by atoms with van der Waals surface area (Å²) < 4.78 is 2.90. The fourth-order valence-electron chi connectivity index (χ4n) is 2.55. The number of aromatic amines is 1. The molecule has 4 heteroatoms.